The first-order chi connectivity index (χ1) is 15.5. The second-order valence-corrected chi connectivity index (χ2v) is 11.0. The van der Waals surface area contributed by atoms with E-state index in [0.29, 0.717) is 19.6 Å². The number of nitrogen functional groups attached to an aromatic ring is 2. The molecule has 1 aliphatic rings. The molecule has 0 bridgehead atoms. The van der Waals surface area contributed by atoms with Crippen LogP contribution >= 0.6 is 11.3 Å². The summed E-state index contributed by atoms with van der Waals surface area (Å²) >= 11 is 0.917. The van der Waals surface area contributed by atoms with Gasteiger partial charge in [0.05, 0.1) is 17.3 Å². The number of nitrogens with two attached hydrogens (primary N) is 2. The van der Waals surface area contributed by atoms with E-state index in [-0.39, 0.29) is 50.9 Å². The van der Waals surface area contributed by atoms with Gasteiger partial charge in [0.2, 0.25) is 0 Å². The topological polar surface area (TPSA) is 131 Å². The molecular formula is C19H22F3N7O2S2. The molecule has 1 aliphatic heterocycles. The Balaban J connectivity index is 1.48. The molecule has 178 valence electrons. The van der Waals surface area contributed by atoms with E-state index in [9.17, 15) is 21.6 Å². The molecule has 4 rings (SSSR count). The number of aromatic nitrogens is 3. The van der Waals surface area contributed by atoms with E-state index in [4.69, 9.17) is 11.5 Å². The Kier molecular flexibility index (Phi) is 6.20. The molecule has 0 radical (unpaired) electrons. The van der Waals surface area contributed by atoms with Crippen molar-refractivity contribution in [3.05, 3.63) is 35.8 Å². The minimum atomic E-state index is -4.56. The van der Waals surface area contributed by atoms with E-state index in [1.807, 2.05) is 4.90 Å². The summed E-state index contributed by atoms with van der Waals surface area (Å²) in [6, 6.07) is 3.71. The predicted octanol–water partition coefficient (Wildman–Crippen LogP) is 2.38. The lowest BCUT2D eigenvalue weighted by Crippen LogP contribution is -2.49. The SMILES string of the molecule is C[C@@H](CN1CCN(S(=O)(=O)c2cnc(N)s2)CC1)c1nc(N)c2cccc(C(F)(F)F)c2n1. The molecular weight excluding hydrogens is 479 g/mol. The fraction of sp³-hybridized carbons (Fsp3) is 0.421. The highest BCUT2D eigenvalue weighted by molar-refractivity contribution is 7.91. The quantitative estimate of drug-likeness (QED) is 0.545. The van der Waals surface area contributed by atoms with E-state index >= 15 is 0 Å². The summed E-state index contributed by atoms with van der Waals surface area (Å²) in [5, 5.41) is 0.340. The molecule has 1 aromatic carbocycles. The van der Waals surface area contributed by atoms with Crippen LogP contribution in [0.2, 0.25) is 0 Å². The molecule has 0 amide bonds. The van der Waals surface area contributed by atoms with Crippen molar-refractivity contribution < 1.29 is 21.6 Å². The van der Waals surface area contributed by atoms with Crippen LogP contribution in [0.1, 0.15) is 24.2 Å². The second kappa shape index (κ2) is 8.66. The maximum Gasteiger partial charge on any atom is 0.418 e. The molecule has 1 atom stereocenters. The molecule has 33 heavy (non-hydrogen) atoms. The van der Waals surface area contributed by atoms with Crippen LogP contribution in [0.15, 0.2) is 28.6 Å². The lowest BCUT2D eigenvalue weighted by molar-refractivity contribution is -0.136. The number of alkyl halides is 3. The molecule has 0 spiro atoms. The van der Waals surface area contributed by atoms with E-state index in [1.54, 1.807) is 6.92 Å². The molecule has 2 aromatic heterocycles. The van der Waals surface area contributed by atoms with Crippen molar-refractivity contribution in [1.29, 1.82) is 0 Å². The van der Waals surface area contributed by atoms with Gasteiger partial charge in [-0.3, -0.25) is 0 Å². The minimum Gasteiger partial charge on any atom is -0.383 e. The van der Waals surface area contributed by atoms with Crippen molar-refractivity contribution in [3.63, 3.8) is 0 Å². The molecule has 3 heterocycles. The van der Waals surface area contributed by atoms with Gasteiger partial charge in [-0.2, -0.15) is 17.5 Å². The summed E-state index contributed by atoms with van der Waals surface area (Å²) in [7, 11) is -3.66. The van der Waals surface area contributed by atoms with Gasteiger partial charge in [-0.25, -0.2) is 23.4 Å². The molecule has 1 fully saturated rings. The Bertz CT molecular complexity index is 1270. The number of hydrogen-bond acceptors (Lipinski definition) is 9. The highest BCUT2D eigenvalue weighted by Gasteiger charge is 2.34. The van der Waals surface area contributed by atoms with Gasteiger partial charge in [0.15, 0.2) is 9.34 Å². The van der Waals surface area contributed by atoms with E-state index < -0.39 is 21.8 Å². The number of rotatable bonds is 5. The number of benzene rings is 1. The fourth-order valence-electron chi connectivity index (χ4n) is 3.78. The number of halogens is 3. The van der Waals surface area contributed by atoms with Gasteiger partial charge in [0.25, 0.3) is 10.0 Å². The zero-order valence-electron chi connectivity index (χ0n) is 17.6. The Morgan fingerprint density at radius 2 is 1.85 bits per heavy atom. The smallest absolute Gasteiger partial charge is 0.383 e. The first-order valence-corrected chi connectivity index (χ1v) is 12.3. The molecule has 0 saturated carbocycles. The van der Waals surface area contributed by atoms with E-state index in [0.717, 1.165) is 17.4 Å². The van der Waals surface area contributed by atoms with Crippen molar-refractivity contribution in [2.75, 3.05) is 44.2 Å². The molecule has 0 unspecified atom stereocenters. The highest BCUT2D eigenvalue weighted by atomic mass is 32.2. The number of para-hydroxylation sites is 1. The van der Waals surface area contributed by atoms with Crippen LogP contribution in [0.4, 0.5) is 24.1 Å². The van der Waals surface area contributed by atoms with Crippen molar-refractivity contribution in [3.8, 4) is 0 Å². The zero-order chi connectivity index (χ0) is 24.0. The van der Waals surface area contributed by atoms with Crippen LogP contribution < -0.4 is 11.5 Å². The van der Waals surface area contributed by atoms with Gasteiger partial charge in [-0.1, -0.05) is 24.3 Å². The van der Waals surface area contributed by atoms with E-state index in [1.165, 1.54) is 22.6 Å². The zero-order valence-corrected chi connectivity index (χ0v) is 19.2. The summed E-state index contributed by atoms with van der Waals surface area (Å²) in [5.74, 6) is -0.109. The minimum absolute atomic E-state index is 0.00677. The standard InChI is InChI=1S/C19H22F3N7O2S2/c1-11(17-26-15-12(16(23)27-17)3-2-4-13(15)19(20,21)22)10-28-5-7-29(8-6-28)33(30,31)14-9-25-18(24)32-14/h2-4,9,11H,5-8,10H2,1H3,(H2,24,25)(H2,23,26,27)/t11-/m0/s1. The normalized spacial score (nSPS) is 17.5. The van der Waals surface area contributed by atoms with Gasteiger partial charge < -0.3 is 16.4 Å². The average Bonchev–Trinajstić information content (AvgIpc) is 3.20. The number of hydrogen-bond donors (Lipinski definition) is 2. The molecule has 9 nitrogen and oxygen atoms in total. The number of anilines is 2. The fourth-order valence-corrected chi connectivity index (χ4v) is 6.28. The van der Waals surface area contributed by atoms with Gasteiger partial charge in [-0.15, -0.1) is 0 Å². The number of piperazine rings is 1. The molecule has 1 saturated heterocycles. The summed E-state index contributed by atoms with van der Waals surface area (Å²) in [5.41, 5.74) is 10.4. The summed E-state index contributed by atoms with van der Waals surface area (Å²) in [4.78, 5) is 14.3. The van der Waals surface area contributed by atoms with Crippen LogP contribution in [0.3, 0.4) is 0 Å². The third-order valence-corrected chi connectivity index (χ3v) is 8.64. The third kappa shape index (κ3) is 4.74. The maximum absolute atomic E-state index is 13.4. The molecule has 14 heteroatoms. The van der Waals surface area contributed by atoms with Crippen LogP contribution in [-0.4, -0.2) is 65.3 Å². The van der Waals surface area contributed by atoms with Crippen LogP contribution in [0, 0.1) is 0 Å². The largest absolute Gasteiger partial charge is 0.418 e. The third-order valence-electron chi connectivity index (χ3n) is 5.48. The van der Waals surface area contributed by atoms with Crippen molar-refractivity contribution >= 4 is 43.2 Å². The molecule has 3 aromatic rings. The van der Waals surface area contributed by atoms with Gasteiger partial charge in [0.1, 0.15) is 11.6 Å². The van der Waals surface area contributed by atoms with Crippen molar-refractivity contribution in [2.24, 2.45) is 0 Å². The maximum atomic E-state index is 13.4. The lowest BCUT2D eigenvalue weighted by atomic mass is 10.1. The molecule has 0 aliphatic carbocycles. The van der Waals surface area contributed by atoms with E-state index in [2.05, 4.69) is 15.0 Å². The first kappa shape index (κ1) is 23.6. The number of nitrogens with zero attached hydrogens (tertiary/aromatic N) is 5. The Labute approximate surface area is 192 Å². The average molecular weight is 502 g/mol. The van der Waals surface area contributed by atoms with Crippen molar-refractivity contribution in [1.82, 2.24) is 24.2 Å². The molecule has 4 N–H and O–H groups in total. The number of sulfonamides is 1. The number of fused-ring (bicyclic) bond motifs is 1. The number of thiazole rings is 1. The summed E-state index contributed by atoms with van der Waals surface area (Å²) in [6.07, 6.45) is -3.31. The predicted molar refractivity (Wildman–Crippen MR) is 119 cm³/mol. The summed E-state index contributed by atoms with van der Waals surface area (Å²) < 4.78 is 67.2. The van der Waals surface area contributed by atoms with Gasteiger partial charge >= 0.3 is 6.18 Å². The monoisotopic (exact) mass is 501 g/mol. The van der Waals surface area contributed by atoms with Crippen LogP contribution in [-0.2, 0) is 16.2 Å². The van der Waals surface area contributed by atoms with Crippen LogP contribution in [0.25, 0.3) is 10.9 Å². The lowest BCUT2D eigenvalue weighted by Gasteiger charge is -2.34. The highest BCUT2D eigenvalue weighted by Crippen LogP contribution is 2.35. The van der Waals surface area contributed by atoms with Gasteiger partial charge in [0, 0.05) is 44.0 Å². The van der Waals surface area contributed by atoms with Crippen LogP contribution in [0.5, 0.6) is 0 Å². The Hall–Kier alpha value is -2.55. The second-order valence-electron chi connectivity index (χ2n) is 7.79. The summed E-state index contributed by atoms with van der Waals surface area (Å²) in [6.45, 7) is 3.70. The van der Waals surface area contributed by atoms with Gasteiger partial charge in [-0.05, 0) is 12.1 Å². The first-order valence-electron chi connectivity index (χ1n) is 10.0. The van der Waals surface area contributed by atoms with Crippen molar-refractivity contribution in [2.45, 2.75) is 23.2 Å². The Morgan fingerprint density at radius 3 is 2.45 bits per heavy atom. The Morgan fingerprint density at radius 1 is 1.15 bits per heavy atom.